The number of aliphatic carboxylic acids is 1. The van der Waals surface area contributed by atoms with Crippen LogP contribution in [0.15, 0.2) is 23.3 Å². The summed E-state index contributed by atoms with van der Waals surface area (Å²) in [4.78, 5) is 23.0. The summed E-state index contributed by atoms with van der Waals surface area (Å²) < 4.78 is 0. The third-order valence-electron chi connectivity index (χ3n) is 6.90. The van der Waals surface area contributed by atoms with Gasteiger partial charge in [-0.05, 0) is 68.3 Å². The van der Waals surface area contributed by atoms with Crippen molar-refractivity contribution in [2.45, 2.75) is 66.7 Å². The summed E-state index contributed by atoms with van der Waals surface area (Å²) in [6, 6.07) is 0. The fraction of sp³-hybridized carbons (Fsp3) is 0.700. The van der Waals surface area contributed by atoms with Gasteiger partial charge in [-0.15, -0.1) is 0 Å². The first-order valence-corrected chi connectivity index (χ1v) is 8.71. The number of ketones is 1. The summed E-state index contributed by atoms with van der Waals surface area (Å²) in [5.41, 5.74) is 2.33. The van der Waals surface area contributed by atoms with Gasteiger partial charge in [-0.2, -0.15) is 0 Å². The van der Waals surface area contributed by atoms with E-state index in [-0.39, 0.29) is 16.6 Å². The molecule has 0 bridgehead atoms. The van der Waals surface area contributed by atoms with Crippen LogP contribution < -0.4 is 0 Å². The van der Waals surface area contributed by atoms with Crippen molar-refractivity contribution >= 4 is 11.8 Å². The monoisotopic (exact) mass is 318 g/mol. The molecule has 2 rings (SSSR count). The molecule has 2 aliphatic carbocycles. The molecule has 3 nitrogen and oxygen atoms in total. The molecule has 23 heavy (non-hydrogen) atoms. The number of allylic oxidation sites excluding steroid dienone is 3. The minimum absolute atomic E-state index is 0.0752. The van der Waals surface area contributed by atoms with E-state index in [1.165, 1.54) is 18.1 Å². The van der Waals surface area contributed by atoms with Gasteiger partial charge < -0.3 is 5.11 Å². The van der Waals surface area contributed by atoms with Crippen LogP contribution in [0.1, 0.15) is 66.7 Å². The maximum absolute atomic E-state index is 12.2. The largest absolute Gasteiger partial charge is 0.478 e. The van der Waals surface area contributed by atoms with Gasteiger partial charge in [0.2, 0.25) is 0 Å². The Morgan fingerprint density at radius 3 is 2.70 bits per heavy atom. The molecular weight excluding hydrogens is 288 g/mol. The average Bonchev–Trinajstić information content (AvgIpc) is 2.44. The van der Waals surface area contributed by atoms with E-state index in [9.17, 15) is 9.59 Å². The van der Waals surface area contributed by atoms with Crippen LogP contribution in [0, 0.1) is 22.7 Å². The van der Waals surface area contributed by atoms with Crippen LogP contribution in [0.25, 0.3) is 0 Å². The number of carbonyl (C=O) groups is 2. The number of hydrogen-bond acceptors (Lipinski definition) is 2. The highest BCUT2D eigenvalue weighted by atomic mass is 16.4. The fourth-order valence-corrected chi connectivity index (χ4v) is 4.86. The summed E-state index contributed by atoms with van der Waals surface area (Å²) in [5, 5.41) is 8.91. The van der Waals surface area contributed by atoms with Gasteiger partial charge in [0.25, 0.3) is 0 Å². The molecule has 0 spiro atoms. The van der Waals surface area contributed by atoms with Crippen molar-refractivity contribution in [3.8, 4) is 0 Å². The Hall–Kier alpha value is -1.38. The maximum Gasteiger partial charge on any atom is 0.328 e. The highest BCUT2D eigenvalue weighted by Crippen LogP contribution is 2.61. The third-order valence-corrected chi connectivity index (χ3v) is 6.90. The van der Waals surface area contributed by atoms with Crippen molar-refractivity contribution in [1.29, 1.82) is 0 Å². The highest BCUT2D eigenvalue weighted by molar-refractivity contribution is 5.92. The fourth-order valence-electron chi connectivity index (χ4n) is 4.86. The zero-order valence-corrected chi connectivity index (χ0v) is 15.1. The Balaban J connectivity index is 2.29. The Bertz CT molecular complexity index is 571. The molecule has 4 atom stereocenters. The molecule has 1 fully saturated rings. The molecule has 1 saturated carbocycles. The minimum atomic E-state index is -0.874. The molecule has 2 aliphatic rings. The van der Waals surface area contributed by atoms with E-state index in [1.54, 1.807) is 0 Å². The molecule has 0 aromatic carbocycles. The number of hydrogen-bond donors (Lipinski definition) is 1. The first-order valence-electron chi connectivity index (χ1n) is 8.71. The molecule has 0 amide bonds. The summed E-state index contributed by atoms with van der Waals surface area (Å²) in [6.45, 7) is 10.9. The SMILES string of the molecule is CC1=CC(=O)C[C@H]2[C@@](C)(CC/C(C)=C/C(=O)O)[C@@H](C)CC[C@]12C. The Morgan fingerprint density at radius 2 is 2.09 bits per heavy atom. The van der Waals surface area contributed by atoms with Gasteiger partial charge >= 0.3 is 5.97 Å². The number of carboxylic acid groups (broad SMARTS) is 1. The highest BCUT2D eigenvalue weighted by Gasteiger charge is 2.54. The maximum atomic E-state index is 12.2. The number of carbonyl (C=O) groups excluding carboxylic acids is 1. The van der Waals surface area contributed by atoms with E-state index in [2.05, 4.69) is 27.7 Å². The standard InChI is InChI=1S/C20H30O3/c1-13(10-18(22)23)6-8-19(4)14(2)7-9-20(5)15(3)11-16(21)12-17(19)20/h10-11,14,17H,6-9,12H2,1-5H3,(H,22,23)/b13-10+/t14-,17-,19-,20+/m0/s1. The molecule has 0 aliphatic heterocycles. The molecule has 128 valence electrons. The average molecular weight is 318 g/mol. The van der Waals surface area contributed by atoms with Gasteiger partial charge in [0.05, 0.1) is 0 Å². The molecular formula is C20H30O3. The molecule has 0 saturated heterocycles. The van der Waals surface area contributed by atoms with E-state index in [1.807, 2.05) is 13.0 Å². The molecule has 0 aromatic rings. The summed E-state index contributed by atoms with van der Waals surface area (Å²) in [6.07, 6.45) is 7.85. The molecule has 0 radical (unpaired) electrons. The van der Waals surface area contributed by atoms with Crippen molar-refractivity contribution in [3.05, 3.63) is 23.3 Å². The van der Waals surface area contributed by atoms with Gasteiger partial charge in [0.1, 0.15) is 0 Å². The first-order chi connectivity index (χ1) is 10.6. The zero-order chi connectivity index (χ0) is 17.4. The lowest BCUT2D eigenvalue weighted by molar-refractivity contribution is -0.131. The number of rotatable bonds is 4. The summed E-state index contributed by atoms with van der Waals surface area (Å²) in [7, 11) is 0. The predicted octanol–water partition coefficient (Wildman–Crippen LogP) is 4.78. The molecule has 3 heteroatoms. The van der Waals surface area contributed by atoms with Gasteiger partial charge in [0.15, 0.2) is 5.78 Å². The van der Waals surface area contributed by atoms with E-state index < -0.39 is 5.97 Å². The van der Waals surface area contributed by atoms with Crippen LogP contribution >= 0.6 is 0 Å². The van der Waals surface area contributed by atoms with Crippen LogP contribution in [-0.2, 0) is 9.59 Å². The van der Waals surface area contributed by atoms with Gasteiger partial charge in [-0.25, -0.2) is 4.79 Å². The van der Waals surface area contributed by atoms with Crippen LogP contribution in [0.3, 0.4) is 0 Å². The Morgan fingerprint density at radius 1 is 1.43 bits per heavy atom. The lowest BCUT2D eigenvalue weighted by Crippen LogP contribution is -2.50. The second-order valence-electron chi connectivity index (χ2n) is 8.24. The lowest BCUT2D eigenvalue weighted by Gasteiger charge is -2.57. The number of fused-ring (bicyclic) bond motifs is 1. The summed E-state index contributed by atoms with van der Waals surface area (Å²) in [5.74, 6) is 0.287. The molecule has 0 heterocycles. The van der Waals surface area contributed by atoms with Crippen LogP contribution in [0.4, 0.5) is 0 Å². The Kier molecular flexibility index (Phi) is 4.89. The minimum Gasteiger partial charge on any atom is -0.478 e. The number of carboxylic acids is 1. The van der Waals surface area contributed by atoms with Gasteiger partial charge in [-0.1, -0.05) is 31.9 Å². The van der Waals surface area contributed by atoms with E-state index in [0.717, 1.165) is 24.8 Å². The second kappa shape index (κ2) is 6.26. The van der Waals surface area contributed by atoms with Crippen molar-refractivity contribution in [3.63, 3.8) is 0 Å². The van der Waals surface area contributed by atoms with E-state index in [0.29, 0.717) is 18.3 Å². The molecule has 0 aromatic heterocycles. The smallest absolute Gasteiger partial charge is 0.328 e. The van der Waals surface area contributed by atoms with E-state index >= 15 is 0 Å². The van der Waals surface area contributed by atoms with Crippen molar-refractivity contribution in [2.24, 2.45) is 22.7 Å². The second-order valence-corrected chi connectivity index (χ2v) is 8.24. The Labute approximate surface area is 139 Å². The predicted molar refractivity (Wildman–Crippen MR) is 92.1 cm³/mol. The quantitative estimate of drug-likeness (QED) is 0.759. The van der Waals surface area contributed by atoms with Gasteiger partial charge in [0, 0.05) is 12.5 Å². The van der Waals surface area contributed by atoms with Gasteiger partial charge in [-0.3, -0.25) is 4.79 Å². The van der Waals surface area contributed by atoms with Crippen LogP contribution in [0.2, 0.25) is 0 Å². The zero-order valence-electron chi connectivity index (χ0n) is 15.1. The lowest BCUT2D eigenvalue weighted by atomic mass is 9.47. The third kappa shape index (κ3) is 3.29. The van der Waals surface area contributed by atoms with Crippen molar-refractivity contribution < 1.29 is 14.7 Å². The van der Waals surface area contributed by atoms with E-state index in [4.69, 9.17) is 5.11 Å². The molecule has 0 unspecified atom stereocenters. The topological polar surface area (TPSA) is 54.4 Å². The van der Waals surface area contributed by atoms with Crippen LogP contribution in [0.5, 0.6) is 0 Å². The van der Waals surface area contributed by atoms with Crippen molar-refractivity contribution in [1.82, 2.24) is 0 Å². The van der Waals surface area contributed by atoms with Crippen LogP contribution in [-0.4, -0.2) is 16.9 Å². The normalized spacial score (nSPS) is 38.0. The van der Waals surface area contributed by atoms with Crippen molar-refractivity contribution in [2.75, 3.05) is 0 Å². The first kappa shape index (κ1) is 18.0. The molecule has 1 N–H and O–H groups in total. The summed E-state index contributed by atoms with van der Waals surface area (Å²) >= 11 is 0.